The molecule has 3 rings (SSSR count). The number of anilines is 1. The molecule has 1 aromatic heterocycles. The van der Waals surface area contributed by atoms with E-state index in [1.807, 2.05) is 30.3 Å². The average Bonchev–Trinajstić information content (AvgIpc) is 2.54. The maximum absolute atomic E-state index is 12.5. The van der Waals surface area contributed by atoms with Crippen LogP contribution in [0.2, 0.25) is 0 Å². The molecule has 114 valence electrons. The number of nitrogen functional groups attached to an aromatic ring is 1. The molecule has 0 saturated carbocycles. The molecule has 0 fully saturated rings. The first-order valence-electron chi connectivity index (χ1n) is 6.97. The van der Waals surface area contributed by atoms with Gasteiger partial charge in [0.2, 0.25) is 0 Å². The van der Waals surface area contributed by atoms with Gasteiger partial charge in [0.1, 0.15) is 11.4 Å². The molecule has 0 amide bonds. The minimum absolute atomic E-state index is 0.0562. The number of aromatic nitrogens is 1. The highest BCUT2D eigenvalue weighted by atomic mass is 16.6. The average molecular weight is 307 g/mol. The molecule has 1 heterocycles. The predicted octanol–water partition coefficient (Wildman–Crippen LogP) is 3.15. The molecule has 2 N–H and O–H groups in total. The van der Waals surface area contributed by atoms with E-state index in [1.54, 1.807) is 24.3 Å². The van der Waals surface area contributed by atoms with Crippen LogP contribution in [0.5, 0.6) is 0 Å². The number of nitrogens with two attached hydrogens (primary N) is 1. The third kappa shape index (κ3) is 2.74. The van der Waals surface area contributed by atoms with E-state index in [4.69, 9.17) is 5.73 Å². The second kappa shape index (κ2) is 5.84. The van der Waals surface area contributed by atoms with E-state index in [9.17, 15) is 14.9 Å². The van der Waals surface area contributed by atoms with Gasteiger partial charge < -0.3 is 5.73 Å². The number of nitrogens with zero attached hydrogens (tertiary/aromatic N) is 2. The molecule has 0 bridgehead atoms. The molecule has 0 aliphatic heterocycles. The van der Waals surface area contributed by atoms with Gasteiger partial charge in [0.25, 0.3) is 0 Å². The molecule has 0 aliphatic rings. The van der Waals surface area contributed by atoms with Crippen LogP contribution in [0.15, 0.2) is 54.6 Å². The Kier molecular flexibility index (Phi) is 3.72. The fraction of sp³-hybridized carbons (Fsp3) is 0.0588. The molecule has 0 aliphatic carbocycles. The lowest BCUT2D eigenvalue weighted by atomic mass is 10.0. The Hall–Kier alpha value is -3.28. The minimum atomic E-state index is -0.571. The van der Waals surface area contributed by atoms with Gasteiger partial charge in [-0.15, -0.1) is 0 Å². The highest BCUT2D eigenvalue weighted by Gasteiger charge is 2.25. The Morgan fingerprint density at radius 3 is 2.43 bits per heavy atom. The number of carbonyl (C=O) groups excluding carboxylic acids is 1. The van der Waals surface area contributed by atoms with Crippen molar-refractivity contribution in [3.63, 3.8) is 0 Å². The summed E-state index contributed by atoms with van der Waals surface area (Å²) in [5.74, 6) is -0.345. The summed E-state index contributed by atoms with van der Waals surface area (Å²) in [6.07, 6.45) is 0.0908. The summed E-state index contributed by atoms with van der Waals surface area (Å²) in [6, 6.07) is 15.7. The Balaban J connectivity index is 2.12. The number of pyridine rings is 1. The van der Waals surface area contributed by atoms with Gasteiger partial charge in [-0.05, 0) is 17.7 Å². The minimum Gasteiger partial charge on any atom is -0.391 e. The van der Waals surface area contributed by atoms with Crippen LogP contribution in [0.1, 0.15) is 16.1 Å². The summed E-state index contributed by atoms with van der Waals surface area (Å²) < 4.78 is 0. The van der Waals surface area contributed by atoms with E-state index in [0.29, 0.717) is 10.9 Å². The zero-order chi connectivity index (χ0) is 16.4. The second-order valence-corrected chi connectivity index (χ2v) is 5.08. The maximum Gasteiger partial charge on any atom is 0.303 e. The van der Waals surface area contributed by atoms with Crippen molar-refractivity contribution in [2.24, 2.45) is 0 Å². The lowest BCUT2D eigenvalue weighted by Gasteiger charge is -2.08. The molecule has 6 heteroatoms. The topological polar surface area (TPSA) is 99.1 Å². The normalized spacial score (nSPS) is 10.6. The van der Waals surface area contributed by atoms with E-state index < -0.39 is 4.92 Å². The zero-order valence-corrected chi connectivity index (χ0v) is 12.1. The van der Waals surface area contributed by atoms with E-state index in [2.05, 4.69) is 4.98 Å². The first-order chi connectivity index (χ1) is 11.1. The van der Waals surface area contributed by atoms with Gasteiger partial charge in [0.05, 0.1) is 15.8 Å². The lowest BCUT2D eigenvalue weighted by Crippen LogP contribution is -2.12. The van der Waals surface area contributed by atoms with Crippen LogP contribution in [0, 0.1) is 10.1 Å². The van der Waals surface area contributed by atoms with Crippen molar-refractivity contribution >= 4 is 28.1 Å². The Bertz CT molecular complexity index is 908. The van der Waals surface area contributed by atoms with Crippen LogP contribution < -0.4 is 5.73 Å². The zero-order valence-electron chi connectivity index (χ0n) is 12.1. The first-order valence-corrected chi connectivity index (χ1v) is 6.97. The smallest absolute Gasteiger partial charge is 0.303 e. The molecule has 0 atom stereocenters. The van der Waals surface area contributed by atoms with E-state index in [1.165, 1.54) is 0 Å². The molecule has 0 radical (unpaired) electrons. The van der Waals surface area contributed by atoms with Crippen molar-refractivity contribution in [2.45, 2.75) is 6.42 Å². The van der Waals surface area contributed by atoms with Crippen molar-refractivity contribution < 1.29 is 9.72 Å². The molecular formula is C17H13N3O3. The molecule has 0 spiro atoms. The number of ketones is 1. The SMILES string of the molecule is Nc1c(C(=O)Cc2ccccc2)nc2ccccc2c1[N+](=O)[O-]. The predicted molar refractivity (Wildman–Crippen MR) is 87.3 cm³/mol. The summed E-state index contributed by atoms with van der Waals surface area (Å²) in [7, 11) is 0. The summed E-state index contributed by atoms with van der Waals surface area (Å²) in [5, 5.41) is 11.7. The summed E-state index contributed by atoms with van der Waals surface area (Å²) in [4.78, 5) is 27.5. The number of hydrogen-bond donors (Lipinski definition) is 1. The van der Waals surface area contributed by atoms with Crippen LogP contribution in [0.4, 0.5) is 11.4 Å². The first kappa shape index (κ1) is 14.6. The van der Waals surface area contributed by atoms with Crippen LogP contribution in [-0.4, -0.2) is 15.7 Å². The highest BCUT2D eigenvalue weighted by molar-refractivity contribution is 6.07. The van der Waals surface area contributed by atoms with Gasteiger partial charge in [-0.1, -0.05) is 42.5 Å². The van der Waals surface area contributed by atoms with Gasteiger partial charge in [-0.2, -0.15) is 0 Å². The number of Topliss-reactive ketones (excluding diaryl/α,β-unsaturated/α-hetero) is 1. The van der Waals surface area contributed by atoms with Crippen molar-refractivity contribution in [3.05, 3.63) is 76.0 Å². The largest absolute Gasteiger partial charge is 0.391 e. The monoisotopic (exact) mass is 307 g/mol. The van der Waals surface area contributed by atoms with Gasteiger partial charge in [0, 0.05) is 6.42 Å². The number of para-hydroxylation sites is 1. The van der Waals surface area contributed by atoms with Crippen LogP contribution in [0.3, 0.4) is 0 Å². The lowest BCUT2D eigenvalue weighted by molar-refractivity contribution is -0.382. The van der Waals surface area contributed by atoms with E-state index >= 15 is 0 Å². The fourth-order valence-corrected chi connectivity index (χ4v) is 2.48. The van der Waals surface area contributed by atoms with Crippen molar-refractivity contribution in [3.8, 4) is 0 Å². The summed E-state index contributed by atoms with van der Waals surface area (Å²) in [6.45, 7) is 0. The number of fused-ring (bicyclic) bond motifs is 1. The number of carbonyl (C=O) groups is 1. The van der Waals surface area contributed by atoms with Crippen LogP contribution >= 0.6 is 0 Å². The van der Waals surface area contributed by atoms with E-state index in [-0.39, 0.29) is 29.3 Å². The number of hydrogen-bond acceptors (Lipinski definition) is 5. The number of nitro groups is 1. The third-order valence-corrected chi connectivity index (χ3v) is 3.56. The van der Waals surface area contributed by atoms with Crippen LogP contribution in [0.25, 0.3) is 10.9 Å². The standard InChI is InChI=1S/C17H13N3O3/c18-15-16(14(21)10-11-6-2-1-3-7-11)19-13-9-5-4-8-12(13)17(15)20(22)23/h1-9H,10,18H2. The van der Waals surface area contributed by atoms with Crippen LogP contribution in [-0.2, 0) is 6.42 Å². The van der Waals surface area contributed by atoms with Crippen molar-refractivity contribution in [1.29, 1.82) is 0 Å². The molecule has 2 aromatic carbocycles. The second-order valence-electron chi connectivity index (χ2n) is 5.08. The molecular weight excluding hydrogens is 294 g/mol. The molecule has 6 nitrogen and oxygen atoms in total. The Labute approximate surface area is 131 Å². The highest BCUT2D eigenvalue weighted by Crippen LogP contribution is 2.33. The Morgan fingerprint density at radius 1 is 1.09 bits per heavy atom. The summed E-state index contributed by atoms with van der Waals surface area (Å²) >= 11 is 0. The third-order valence-electron chi connectivity index (χ3n) is 3.56. The van der Waals surface area contributed by atoms with Gasteiger partial charge in [-0.3, -0.25) is 14.9 Å². The number of benzene rings is 2. The van der Waals surface area contributed by atoms with Gasteiger partial charge in [-0.25, -0.2) is 4.98 Å². The van der Waals surface area contributed by atoms with Crippen molar-refractivity contribution in [1.82, 2.24) is 4.98 Å². The Morgan fingerprint density at radius 2 is 1.74 bits per heavy atom. The van der Waals surface area contributed by atoms with Crippen molar-refractivity contribution in [2.75, 3.05) is 5.73 Å². The molecule has 0 saturated heterocycles. The maximum atomic E-state index is 12.5. The van der Waals surface area contributed by atoms with Gasteiger partial charge in [0.15, 0.2) is 5.78 Å². The molecule has 3 aromatic rings. The quantitative estimate of drug-likeness (QED) is 0.453. The fourth-order valence-electron chi connectivity index (χ4n) is 2.48. The van der Waals surface area contributed by atoms with Gasteiger partial charge >= 0.3 is 5.69 Å². The number of rotatable bonds is 4. The van der Waals surface area contributed by atoms with E-state index in [0.717, 1.165) is 5.56 Å². The summed E-state index contributed by atoms with van der Waals surface area (Å²) in [5.41, 5.74) is 6.55. The molecule has 0 unspecified atom stereocenters. The molecule has 23 heavy (non-hydrogen) atoms.